The van der Waals surface area contributed by atoms with Crippen LogP contribution in [0.3, 0.4) is 0 Å². The lowest BCUT2D eigenvalue weighted by Gasteiger charge is -2.31. The molecular formula is C15H22N2. The normalized spacial score (nSPS) is 20.2. The van der Waals surface area contributed by atoms with E-state index in [4.69, 9.17) is 0 Å². The van der Waals surface area contributed by atoms with Crippen molar-refractivity contribution in [3.05, 3.63) is 36.0 Å². The fraction of sp³-hybridized carbons (Fsp3) is 0.533. The Morgan fingerprint density at radius 2 is 2.06 bits per heavy atom. The van der Waals surface area contributed by atoms with Crippen LogP contribution in [0.2, 0.25) is 0 Å². The first-order valence-electron chi connectivity index (χ1n) is 6.23. The average Bonchev–Trinajstić information content (AvgIpc) is 2.35. The predicted octanol–water partition coefficient (Wildman–Crippen LogP) is 3.35. The molecule has 0 bridgehead atoms. The highest BCUT2D eigenvalue weighted by molar-refractivity contribution is 5.27. The molecule has 1 saturated heterocycles. The summed E-state index contributed by atoms with van der Waals surface area (Å²) in [6.07, 6.45) is 8.94. The van der Waals surface area contributed by atoms with Crippen molar-refractivity contribution in [2.24, 2.45) is 5.41 Å². The molecule has 0 radical (unpaired) electrons. The molecule has 1 N–H and O–H groups in total. The first-order valence-corrected chi connectivity index (χ1v) is 6.23. The molecule has 1 fully saturated rings. The van der Waals surface area contributed by atoms with Crippen LogP contribution in [0.5, 0.6) is 0 Å². The zero-order valence-corrected chi connectivity index (χ0v) is 10.9. The molecule has 1 rings (SSSR count). The second-order valence-electron chi connectivity index (χ2n) is 4.86. The van der Waals surface area contributed by atoms with Gasteiger partial charge in [-0.2, -0.15) is 5.26 Å². The van der Waals surface area contributed by atoms with E-state index in [1.165, 1.54) is 5.57 Å². The Labute approximate surface area is 105 Å². The third-order valence-electron chi connectivity index (χ3n) is 3.29. The van der Waals surface area contributed by atoms with Gasteiger partial charge in [0.25, 0.3) is 0 Å². The second kappa shape index (κ2) is 6.42. The molecule has 0 aromatic rings. The largest absolute Gasteiger partial charge is 0.317 e. The smallest absolute Gasteiger partial charge is 0.0694 e. The number of nitriles is 1. The van der Waals surface area contributed by atoms with E-state index in [-0.39, 0.29) is 5.41 Å². The van der Waals surface area contributed by atoms with E-state index < -0.39 is 0 Å². The van der Waals surface area contributed by atoms with E-state index in [1.54, 1.807) is 0 Å². The van der Waals surface area contributed by atoms with Gasteiger partial charge in [-0.1, -0.05) is 36.0 Å². The number of hydrogen-bond donors (Lipinski definition) is 1. The van der Waals surface area contributed by atoms with Crippen LogP contribution in [0.1, 0.15) is 33.1 Å². The molecule has 2 nitrogen and oxygen atoms in total. The van der Waals surface area contributed by atoms with Gasteiger partial charge in [0.2, 0.25) is 0 Å². The predicted molar refractivity (Wildman–Crippen MR) is 72.5 cm³/mol. The number of rotatable bonds is 4. The molecule has 2 heteroatoms. The molecule has 0 unspecified atom stereocenters. The zero-order chi connectivity index (χ0) is 12.7. The Balaban J connectivity index is 2.72. The third kappa shape index (κ3) is 4.20. The van der Waals surface area contributed by atoms with Gasteiger partial charge in [-0.15, -0.1) is 0 Å². The van der Waals surface area contributed by atoms with Gasteiger partial charge in [0, 0.05) is 0 Å². The molecule has 17 heavy (non-hydrogen) atoms. The lowest BCUT2D eigenvalue weighted by Crippen LogP contribution is -2.36. The minimum atomic E-state index is -0.174. The molecule has 0 aromatic heterocycles. The molecule has 0 amide bonds. The first kappa shape index (κ1) is 13.7. The van der Waals surface area contributed by atoms with Crippen molar-refractivity contribution in [1.82, 2.24) is 5.32 Å². The maximum Gasteiger partial charge on any atom is 0.0694 e. The molecule has 0 aliphatic carbocycles. The van der Waals surface area contributed by atoms with Gasteiger partial charge < -0.3 is 5.32 Å². The van der Waals surface area contributed by atoms with Crippen LogP contribution in [0.15, 0.2) is 36.0 Å². The molecule has 0 atom stereocenters. The molecule has 1 aliphatic rings. The van der Waals surface area contributed by atoms with Gasteiger partial charge in [0.1, 0.15) is 0 Å². The monoisotopic (exact) mass is 230 g/mol. The van der Waals surface area contributed by atoms with Crippen LogP contribution in [-0.4, -0.2) is 13.1 Å². The van der Waals surface area contributed by atoms with Crippen molar-refractivity contribution in [3.8, 4) is 6.07 Å². The third-order valence-corrected chi connectivity index (χ3v) is 3.29. The van der Waals surface area contributed by atoms with Crippen molar-refractivity contribution in [2.75, 3.05) is 13.1 Å². The summed E-state index contributed by atoms with van der Waals surface area (Å²) >= 11 is 0. The summed E-state index contributed by atoms with van der Waals surface area (Å²) in [6, 6.07) is 2.53. The Morgan fingerprint density at radius 1 is 1.41 bits per heavy atom. The minimum Gasteiger partial charge on any atom is -0.317 e. The highest BCUT2D eigenvalue weighted by Gasteiger charge is 2.32. The van der Waals surface area contributed by atoms with Crippen molar-refractivity contribution < 1.29 is 0 Å². The Bertz CT molecular complexity index is 363. The summed E-state index contributed by atoms with van der Waals surface area (Å²) in [6.45, 7) is 9.78. The Kier molecular flexibility index (Phi) is 5.18. The van der Waals surface area contributed by atoms with E-state index in [1.807, 2.05) is 19.9 Å². The zero-order valence-electron chi connectivity index (χ0n) is 10.9. The molecule has 0 aromatic carbocycles. The van der Waals surface area contributed by atoms with Gasteiger partial charge in [0.15, 0.2) is 0 Å². The molecule has 1 aliphatic heterocycles. The van der Waals surface area contributed by atoms with E-state index >= 15 is 0 Å². The lowest BCUT2D eigenvalue weighted by molar-refractivity contribution is 0.281. The van der Waals surface area contributed by atoms with Crippen LogP contribution in [0, 0.1) is 16.7 Å². The number of nitrogens with one attached hydrogen (secondary N) is 1. The highest BCUT2D eigenvalue weighted by atomic mass is 14.9. The van der Waals surface area contributed by atoms with E-state index in [0.29, 0.717) is 0 Å². The summed E-state index contributed by atoms with van der Waals surface area (Å²) < 4.78 is 0. The summed E-state index contributed by atoms with van der Waals surface area (Å²) in [7, 11) is 0. The van der Waals surface area contributed by atoms with Crippen LogP contribution >= 0.6 is 0 Å². The minimum absolute atomic E-state index is 0.174. The SMILES string of the molecule is C=C(C)/C=C\C(=C/C)CC1(C#N)CCNCC1. The van der Waals surface area contributed by atoms with E-state index in [2.05, 4.69) is 30.1 Å². The van der Waals surface area contributed by atoms with E-state index in [9.17, 15) is 5.26 Å². The molecule has 0 spiro atoms. The number of piperidine rings is 1. The molecule has 0 saturated carbocycles. The van der Waals surface area contributed by atoms with Gasteiger partial charge in [-0.05, 0) is 46.2 Å². The second-order valence-corrected chi connectivity index (χ2v) is 4.86. The van der Waals surface area contributed by atoms with Crippen LogP contribution < -0.4 is 5.32 Å². The molecule has 1 heterocycles. The van der Waals surface area contributed by atoms with Gasteiger partial charge in [0.05, 0.1) is 11.5 Å². The topological polar surface area (TPSA) is 35.8 Å². The first-order chi connectivity index (χ1) is 8.12. The van der Waals surface area contributed by atoms with Crippen LogP contribution in [0.4, 0.5) is 0 Å². The molecular weight excluding hydrogens is 208 g/mol. The van der Waals surface area contributed by atoms with Crippen molar-refractivity contribution in [1.29, 1.82) is 5.26 Å². The maximum absolute atomic E-state index is 9.42. The Morgan fingerprint density at radius 3 is 2.53 bits per heavy atom. The number of allylic oxidation sites excluding steroid dienone is 5. The number of nitrogens with zero attached hydrogens (tertiary/aromatic N) is 1. The van der Waals surface area contributed by atoms with Crippen LogP contribution in [0.25, 0.3) is 0 Å². The summed E-state index contributed by atoms with van der Waals surface area (Å²) in [5.74, 6) is 0. The number of hydrogen-bond acceptors (Lipinski definition) is 2. The lowest BCUT2D eigenvalue weighted by atomic mass is 9.75. The molecule has 92 valence electrons. The summed E-state index contributed by atoms with van der Waals surface area (Å²) in [4.78, 5) is 0. The van der Waals surface area contributed by atoms with E-state index in [0.717, 1.165) is 37.9 Å². The van der Waals surface area contributed by atoms with Crippen LogP contribution in [-0.2, 0) is 0 Å². The Hall–Kier alpha value is -1.33. The van der Waals surface area contributed by atoms with Gasteiger partial charge in [-0.3, -0.25) is 0 Å². The fourth-order valence-corrected chi connectivity index (χ4v) is 2.13. The summed E-state index contributed by atoms with van der Waals surface area (Å²) in [5.41, 5.74) is 2.10. The highest BCUT2D eigenvalue weighted by Crippen LogP contribution is 2.35. The van der Waals surface area contributed by atoms with Gasteiger partial charge >= 0.3 is 0 Å². The van der Waals surface area contributed by atoms with Gasteiger partial charge in [-0.25, -0.2) is 0 Å². The fourth-order valence-electron chi connectivity index (χ4n) is 2.13. The average molecular weight is 230 g/mol. The van der Waals surface area contributed by atoms with Crippen molar-refractivity contribution in [2.45, 2.75) is 33.1 Å². The van der Waals surface area contributed by atoms with Crippen molar-refractivity contribution in [3.63, 3.8) is 0 Å². The standard InChI is InChI=1S/C15H22N2/c1-4-14(6-5-13(2)3)11-15(12-16)7-9-17-10-8-15/h4-6,17H,2,7-11H2,1,3H3/b6-5-,14-4+. The summed E-state index contributed by atoms with van der Waals surface area (Å²) in [5, 5.41) is 12.7. The van der Waals surface area contributed by atoms with Crippen molar-refractivity contribution >= 4 is 0 Å². The maximum atomic E-state index is 9.42. The quantitative estimate of drug-likeness (QED) is 0.752.